The number of rotatable bonds is 7. The number of unbranched alkanes of at least 4 members (excludes halogenated alkanes) is 1. The largest absolute Gasteiger partial charge is 0.337 e. The quantitative estimate of drug-likeness (QED) is 0.707. The van der Waals surface area contributed by atoms with Crippen LogP contribution in [0.25, 0.3) is 11.4 Å². The van der Waals surface area contributed by atoms with Crippen molar-refractivity contribution in [3.63, 3.8) is 0 Å². The molecule has 0 radical (unpaired) electrons. The Bertz CT molecular complexity index is 740. The number of likely N-dealkylation sites (tertiary alicyclic amines) is 1. The number of hydrogen-bond donors (Lipinski definition) is 0. The van der Waals surface area contributed by atoms with Crippen molar-refractivity contribution in [2.24, 2.45) is 5.92 Å². The maximum absolute atomic E-state index is 13.0. The van der Waals surface area contributed by atoms with Crippen LogP contribution in [0.3, 0.4) is 0 Å². The molecule has 140 valence electrons. The molecule has 2 aromatic rings. The smallest absolute Gasteiger partial charge is 0.249 e. The van der Waals surface area contributed by atoms with Crippen LogP contribution in [0.1, 0.15) is 69.9 Å². The maximum Gasteiger partial charge on any atom is 0.249 e. The zero-order valence-electron chi connectivity index (χ0n) is 16.1. The fourth-order valence-corrected chi connectivity index (χ4v) is 3.75. The number of carbonyl (C=O) groups excluding carboxylic acids is 1. The first-order chi connectivity index (χ1) is 12.6. The summed E-state index contributed by atoms with van der Waals surface area (Å²) in [6.07, 6.45) is 5.96. The van der Waals surface area contributed by atoms with Crippen molar-refractivity contribution >= 4 is 5.91 Å². The Morgan fingerprint density at radius 1 is 1.38 bits per heavy atom. The summed E-state index contributed by atoms with van der Waals surface area (Å²) in [5.74, 6) is 1.52. The lowest BCUT2D eigenvalue weighted by Crippen LogP contribution is -2.35. The van der Waals surface area contributed by atoms with E-state index in [-0.39, 0.29) is 17.9 Å². The summed E-state index contributed by atoms with van der Waals surface area (Å²) in [5.41, 5.74) is 2.11. The first kappa shape index (κ1) is 18.6. The summed E-state index contributed by atoms with van der Waals surface area (Å²) in [5, 5.41) is 4.16. The van der Waals surface area contributed by atoms with Gasteiger partial charge in [-0.2, -0.15) is 4.98 Å². The summed E-state index contributed by atoms with van der Waals surface area (Å²) in [6.45, 7) is 7.10. The van der Waals surface area contributed by atoms with Gasteiger partial charge in [-0.3, -0.25) is 4.79 Å². The zero-order valence-corrected chi connectivity index (χ0v) is 16.1. The number of aromatic nitrogens is 2. The fourth-order valence-electron chi connectivity index (χ4n) is 3.75. The molecule has 2 unspecified atom stereocenters. The van der Waals surface area contributed by atoms with Crippen LogP contribution in [0.4, 0.5) is 0 Å². The van der Waals surface area contributed by atoms with Crippen LogP contribution in [0, 0.1) is 12.8 Å². The van der Waals surface area contributed by atoms with Crippen LogP contribution in [0.2, 0.25) is 0 Å². The predicted molar refractivity (Wildman–Crippen MR) is 101 cm³/mol. The second-order valence-electron chi connectivity index (χ2n) is 7.26. The molecule has 5 nitrogen and oxygen atoms in total. The van der Waals surface area contributed by atoms with Gasteiger partial charge in [0.05, 0.1) is 0 Å². The van der Waals surface area contributed by atoms with Crippen LogP contribution in [-0.4, -0.2) is 27.5 Å². The minimum Gasteiger partial charge on any atom is -0.337 e. The van der Waals surface area contributed by atoms with Crippen molar-refractivity contribution in [1.82, 2.24) is 15.0 Å². The van der Waals surface area contributed by atoms with Crippen LogP contribution in [0.15, 0.2) is 28.8 Å². The highest BCUT2D eigenvalue weighted by molar-refractivity contribution is 5.79. The van der Waals surface area contributed by atoms with Gasteiger partial charge < -0.3 is 9.42 Å². The normalized spacial score (nSPS) is 18.3. The molecule has 3 rings (SSSR count). The molecule has 5 heteroatoms. The van der Waals surface area contributed by atoms with Crippen LogP contribution in [0.5, 0.6) is 0 Å². The third-order valence-corrected chi connectivity index (χ3v) is 5.29. The SMILES string of the molecule is CCCCC(CC)C(=O)N1CCCC1c1nc(-c2cccc(C)c2)no1. The van der Waals surface area contributed by atoms with E-state index in [0.29, 0.717) is 11.7 Å². The van der Waals surface area contributed by atoms with E-state index < -0.39 is 0 Å². The monoisotopic (exact) mass is 355 g/mol. The van der Waals surface area contributed by atoms with Gasteiger partial charge >= 0.3 is 0 Å². The summed E-state index contributed by atoms with van der Waals surface area (Å²) in [4.78, 5) is 19.6. The Kier molecular flexibility index (Phi) is 6.07. The Labute approximate surface area is 155 Å². The molecule has 1 aliphatic rings. The first-order valence-corrected chi connectivity index (χ1v) is 9.85. The number of benzene rings is 1. The van der Waals surface area contributed by atoms with Crippen molar-refractivity contribution in [3.05, 3.63) is 35.7 Å². The Morgan fingerprint density at radius 2 is 2.23 bits per heavy atom. The zero-order chi connectivity index (χ0) is 18.5. The fraction of sp³-hybridized carbons (Fsp3) is 0.571. The number of nitrogens with zero attached hydrogens (tertiary/aromatic N) is 3. The van der Waals surface area contributed by atoms with Crippen molar-refractivity contribution in [1.29, 1.82) is 0 Å². The van der Waals surface area contributed by atoms with Crippen molar-refractivity contribution < 1.29 is 9.32 Å². The van der Waals surface area contributed by atoms with Crippen molar-refractivity contribution in [2.75, 3.05) is 6.54 Å². The lowest BCUT2D eigenvalue weighted by molar-refractivity contribution is -0.137. The van der Waals surface area contributed by atoms with Gasteiger partial charge in [-0.15, -0.1) is 0 Å². The van der Waals surface area contributed by atoms with Gasteiger partial charge in [-0.1, -0.05) is 55.6 Å². The standard InChI is InChI=1S/C21H29N3O2/c1-4-6-10-16(5-2)21(25)24-13-8-12-18(24)20-22-19(23-26-20)17-11-7-9-15(3)14-17/h7,9,11,14,16,18H,4-6,8,10,12-13H2,1-3H3. The molecule has 0 saturated carbocycles. The van der Waals surface area contributed by atoms with E-state index >= 15 is 0 Å². The number of aryl methyl sites for hydroxylation is 1. The van der Waals surface area contributed by atoms with E-state index in [0.717, 1.165) is 56.2 Å². The molecule has 1 aromatic carbocycles. The topological polar surface area (TPSA) is 59.2 Å². The Morgan fingerprint density at radius 3 is 2.96 bits per heavy atom. The molecular weight excluding hydrogens is 326 g/mol. The summed E-state index contributed by atoms with van der Waals surface area (Å²) < 4.78 is 5.56. The molecule has 0 spiro atoms. The van der Waals surface area contributed by atoms with Gasteiger partial charge in [0.2, 0.25) is 17.6 Å². The van der Waals surface area contributed by atoms with Crippen molar-refractivity contribution in [2.45, 2.75) is 65.3 Å². The number of amides is 1. The molecule has 1 aliphatic heterocycles. The van der Waals surface area contributed by atoms with E-state index in [1.807, 2.05) is 36.1 Å². The van der Waals surface area contributed by atoms with Crippen LogP contribution in [-0.2, 0) is 4.79 Å². The summed E-state index contributed by atoms with van der Waals surface area (Å²) >= 11 is 0. The molecule has 0 aliphatic carbocycles. The van der Waals surface area contributed by atoms with Gasteiger partial charge in [0.15, 0.2) is 0 Å². The van der Waals surface area contributed by atoms with E-state index in [2.05, 4.69) is 24.0 Å². The summed E-state index contributed by atoms with van der Waals surface area (Å²) in [7, 11) is 0. The highest BCUT2D eigenvalue weighted by atomic mass is 16.5. The Balaban J connectivity index is 1.77. The minimum atomic E-state index is -0.0794. The highest BCUT2D eigenvalue weighted by Gasteiger charge is 2.36. The van der Waals surface area contributed by atoms with Gasteiger partial charge in [-0.05, 0) is 38.7 Å². The van der Waals surface area contributed by atoms with Crippen LogP contribution >= 0.6 is 0 Å². The summed E-state index contributed by atoms with van der Waals surface area (Å²) in [6, 6.07) is 7.99. The highest BCUT2D eigenvalue weighted by Crippen LogP contribution is 2.34. The van der Waals surface area contributed by atoms with E-state index in [9.17, 15) is 4.79 Å². The third-order valence-electron chi connectivity index (χ3n) is 5.29. The second-order valence-corrected chi connectivity index (χ2v) is 7.26. The van der Waals surface area contributed by atoms with Gasteiger partial charge in [0.1, 0.15) is 6.04 Å². The molecule has 0 N–H and O–H groups in total. The molecule has 2 heterocycles. The molecule has 0 bridgehead atoms. The predicted octanol–water partition coefficient (Wildman–Crippen LogP) is 4.92. The van der Waals surface area contributed by atoms with Crippen molar-refractivity contribution in [3.8, 4) is 11.4 Å². The van der Waals surface area contributed by atoms with Gasteiger partial charge in [-0.25, -0.2) is 0 Å². The molecule has 1 fully saturated rings. The third kappa shape index (κ3) is 3.97. The number of carbonyl (C=O) groups is 1. The van der Waals surface area contributed by atoms with Crippen LogP contribution < -0.4 is 0 Å². The average molecular weight is 355 g/mol. The second kappa shape index (κ2) is 8.47. The van der Waals surface area contributed by atoms with E-state index in [1.165, 1.54) is 0 Å². The van der Waals surface area contributed by atoms with Gasteiger partial charge in [0, 0.05) is 18.0 Å². The first-order valence-electron chi connectivity index (χ1n) is 9.85. The molecule has 1 aromatic heterocycles. The lowest BCUT2D eigenvalue weighted by atomic mass is 9.97. The molecule has 26 heavy (non-hydrogen) atoms. The van der Waals surface area contributed by atoms with Gasteiger partial charge in [0.25, 0.3) is 0 Å². The van der Waals surface area contributed by atoms with E-state index in [4.69, 9.17) is 4.52 Å². The number of hydrogen-bond acceptors (Lipinski definition) is 4. The molecule has 1 saturated heterocycles. The molecule has 1 amide bonds. The molecular formula is C21H29N3O2. The Hall–Kier alpha value is -2.17. The maximum atomic E-state index is 13.0. The average Bonchev–Trinajstić information content (AvgIpc) is 3.31. The molecule has 2 atom stereocenters. The van der Waals surface area contributed by atoms with E-state index in [1.54, 1.807) is 0 Å². The lowest BCUT2D eigenvalue weighted by Gasteiger charge is -2.26. The minimum absolute atomic E-state index is 0.0794.